The third-order valence-electron chi connectivity index (χ3n) is 7.08. The maximum Gasteiger partial charge on any atom is 0.145 e. The number of aryl methyl sites for hydroxylation is 3. The molecular formula is C26H27N7O2. The van der Waals surface area contributed by atoms with Crippen molar-refractivity contribution in [3.63, 3.8) is 0 Å². The zero-order valence-corrected chi connectivity index (χ0v) is 20.3. The predicted octanol–water partition coefficient (Wildman–Crippen LogP) is 5.85. The molecule has 35 heavy (non-hydrogen) atoms. The second-order valence-corrected chi connectivity index (χ2v) is 9.79. The van der Waals surface area contributed by atoms with Crippen LogP contribution < -0.4 is 10.1 Å². The second-order valence-electron chi connectivity index (χ2n) is 9.79. The topological polar surface area (TPSA) is 107 Å². The SMILES string of the molecule is COc1cc2c(cc1-c1c(C)noc1C)[nH]c1nc(C)nc(Nc3cc(C4CC4)nn3C3CC3)c12. The van der Waals surface area contributed by atoms with Crippen LogP contribution in [0.4, 0.5) is 11.6 Å². The van der Waals surface area contributed by atoms with Gasteiger partial charge in [0.15, 0.2) is 0 Å². The van der Waals surface area contributed by atoms with Gasteiger partial charge in [0.1, 0.15) is 34.6 Å². The van der Waals surface area contributed by atoms with E-state index in [0.717, 1.165) is 61.9 Å². The number of hydrogen-bond acceptors (Lipinski definition) is 7. The highest BCUT2D eigenvalue weighted by Crippen LogP contribution is 2.45. The Morgan fingerprint density at radius 3 is 2.60 bits per heavy atom. The van der Waals surface area contributed by atoms with E-state index in [2.05, 4.69) is 32.3 Å². The molecular weight excluding hydrogens is 442 g/mol. The van der Waals surface area contributed by atoms with Crippen molar-refractivity contribution in [1.82, 2.24) is 29.9 Å². The summed E-state index contributed by atoms with van der Waals surface area (Å²) in [6, 6.07) is 6.81. The molecule has 2 aliphatic carbocycles. The molecule has 2 N–H and O–H groups in total. The Hall–Kier alpha value is -3.88. The molecule has 9 heteroatoms. The van der Waals surface area contributed by atoms with E-state index in [1.807, 2.05) is 26.8 Å². The number of methoxy groups -OCH3 is 1. The molecule has 0 saturated heterocycles. The number of nitrogens with zero attached hydrogens (tertiary/aromatic N) is 5. The van der Waals surface area contributed by atoms with E-state index < -0.39 is 0 Å². The van der Waals surface area contributed by atoms with Gasteiger partial charge in [-0.25, -0.2) is 14.6 Å². The summed E-state index contributed by atoms with van der Waals surface area (Å²) in [6.45, 7) is 5.77. The molecule has 178 valence electrons. The normalized spacial score (nSPS) is 15.9. The Labute approximate surface area is 201 Å². The number of nitrogens with one attached hydrogen (secondary N) is 2. The van der Waals surface area contributed by atoms with E-state index in [0.29, 0.717) is 17.8 Å². The monoisotopic (exact) mass is 469 g/mol. The number of aromatic nitrogens is 6. The summed E-state index contributed by atoms with van der Waals surface area (Å²) in [6.07, 6.45) is 4.81. The minimum Gasteiger partial charge on any atom is -0.496 e. The van der Waals surface area contributed by atoms with Crippen LogP contribution >= 0.6 is 0 Å². The number of benzene rings is 1. The standard InChI is InChI=1S/C26H27N7O2/c1-12-23(13(2)35-32-12)18-9-20-17(10-21(18)34-4)24-25(29-20)27-14(3)28-26(24)30-22-11-19(15-5-6-15)31-33(22)16-7-8-16/h9-11,15-16H,5-8H2,1-4H3,(H2,27,28,29,30). The molecule has 9 nitrogen and oxygen atoms in total. The molecule has 4 heterocycles. The van der Waals surface area contributed by atoms with Crippen LogP contribution in [0.1, 0.15) is 60.6 Å². The van der Waals surface area contributed by atoms with E-state index >= 15 is 0 Å². The number of anilines is 2. The number of hydrogen-bond donors (Lipinski definition) is 2. The fourth-order valence-corrected chi connectivity index (χ4v) is 5.06. The minimum absolute atomic E-state index is 0.476. The van der Waals surface area contributed by atoms with Crippen molar-refractivity contribution >= 4 is 33.6 Å². The number of rotatable bonds is 6. The molecule has 2 aliphatic rings. The van der Waals surface area contributed by atoms with Crippen LogP contribution in [0, 0.1) is 20.8 Å². The Balaban J connectivity index is 1.41. The largest absolute Gasteiger partial charge is 0.496 e. The lowest BCUT2D eigenvalue weighted by molar-refractivity contribution is 0.393. The van der Waals surface area contributed by atoms with Gasteiger partial charge in [-0.3, -0.25) is 0 Å². The summed E-state index contributed by atoms with van der Waals surface area (Å²) in [5.41, 5.74) is 5.63. The molecule has 0 radical (unpaired) electrons. The molecule has 2 fully saturated rings. The summed E-state index contributed by atoms with van der Waals surface area (Å²) in [5.74, 6) is 4.58. The summed E-state index contributed by atoms with van der Waals surface area (Å²) in [4.78, 5) is 13.0. The summed E-state index contributed by atoms with van der Waals surface area (Å²) < 4.78 is 13.4. The number of aromatic amines is 1. The first-order valence-corrected chi connectivity index (χ1v) is 12.2. The molecule has 1 aromatic carbocycles. The van der Waals surface area contributed by atoms with Crippen LogP contribution in [-0.2, 0) is 0 Å². The first-order chi connectivity index (χ1) is 17.0. The number of H-pyrrole nitrogens is 1. The second kappa shape index (κ2) is 7.31. The summed E-state index contributed by atoms with van der Waals surface area (Å²) in [5, 5.41) is 14.6. The lowest BCUT2D eigenvalue weighted by Gasteiger charge is -2.11. The zero-order chi connectivity index (χ0) is 23.8. The summed E-state index contributed by atoms with van der Waals surface area (Å²) >= 11 is 0. The lowest BCUT2D eigenvalue weighted by atomic mass is 10.0. The zero-order valence-electron chi connectivity index (χ0n) is 20.3. The van der Waals surface area contributed by atoms with Crippen molar-refractivity contribution in [2.24, 2.45) is 0 Å². The fraction of sp³-hybridized carbons (Fsp3) is 0.385. The van der Waals surface area contributed by atoms with Gasteiger partial charge in [0.25, 0.3) is 0 Å². The minimum atomic E-state index is 0.476. The molecule has 0 bridgehead atoms. The van der Waals surface area contributed by atoms with Crippen molar-refractivity contribution in [2.45, 2.75) is 58.4 Å². The van der Waals surface area contributed by atoms with Gasteiger partial charge >= 0.3 is 0 Å². The molecule has 5 aromatic rings. The first-order valence-electron chi connectivity index (χ1n) is 12.2. The van der Waals surface area contributed by atoms with Gasteiger partial charge in [0.05, 0.1) is 35.5 Å². The maximum atomic E-state index is 5.82. The lowest BCUT2D eigenvalue weighted by Crippen LogP contribution is -2.05. The Kier molecular flexibility index (Phi) is 4.28. The Morgan fingerprint density at radius 1 is 1.09 bits per heavy atom. The third kappa shape index (κ3) is 3.29. The van der Waals surface area contributed by atoms with Gasteiger partial charge in [-0.1, -0.05) is 5.16 Å². The van der Waals surface area contributed by atoms with Gasteiger partial charge < -0.3 is 19.6 Å². The molecule has 0 atom stereocenters. The van der Waals surface area contributed by atoms with E-state index in [-0.39, 0.29) is 0 Å². The highest BCUT2D eigenvalue weighted by Gasteiger charge is 2.32. The van der Waals surface area contributed by atoms with Gasteiger partial charge in [0.2, 0.25) is 0 Å². The molecule has 0 spiro atoms. The average molecular weight is 470 g/mol. The van der Waals surface area contributed by atoms with E-state index in [1.54, 1.807) is 7.11 Å². The molecule has 0 unspecified atom stereocenters. The van der Waals surface area contributed by atoms with Crippen LogP contribution in [0.25, 0.3) is 33.1 Å². The van der Waals surface area contributed by atoms with Gasteiger partial charge in [-0.15, -0.1) is 0 Å². The van der Waals surface area contributed by atoms with Crippen molar-refractivity contribution < 1.29 is 9.26 Å². The van der Waals surface area contributed by atoms with Crippen LogP contribution in [0.15, 0.2) is 22.7 Å². The van der Waals surface area contributed by atoms with Crippen LogP contribution in [0.2, 0.25) is 0 Å². The smallest absolute Gasteiger partial charge is 0.145 e. The molecule has 0 amide bonds. The average Bonchev–Trinajstić information content (AvgIpc) is 3.76. The Morgan fingerprint density at radius 2 is 1.91 bits per heavy atom. The molecule has 2 saturated carbocycles. The molecule has 0 aliphatic heterocycles. The van der Waals surface area contributed by atoms with Gasteiger partial charge in [-0.2, -0.15) is 5.10 Å². The summed E-state index contributed by atoms with van der Waals surface area (Å²) in [7, 11) is 1.69. The number of ether oxygens (including phenoxy) is 1. The molecule has 7 rings (SSSR count). The number of fused-ring (bicyclic) bond motifs is 3. The van der Waals surface area contributed by atoms with Crippen LogP contribution in [0.5, 0.6) is 5.75 Å². The van der Waals surface area contributed by atoms with Crippen molar-refractivity contribution in [3.8, 4) is 16.9 Å². The van der Waals surface area contributed by atoms with Crippen molar-refractivity contribution in [2.75, 3.05) is 12.4 Å². The van der Waals surface area contributed by atoms with E-state index in [1.165, 1.54) is 31.4 Å². The van der Waals surface area contributed by atoms with Gasteiger partial charge in [-0.05, 0) is 58.6 Å². The van der Waals surface area contributed by atoms with E-state index in [9.17, 15) is 0 Å². The van der Waals surface area contributed by atoms with Crippen molar-refractivity contribution in [1.29, 1.82) is 0 Å². The van der Waals surface area contributed by atoms with Crippen molar-refractivity contribution in [3.05, 3.63) is 41.2 Å². The maximum absolute atomic E-state index is 5.82. The van der Waals surface area contributed by atoms with E-state index in [4.69, 9.17) is 24.3 Å². The molecule has 4 aromatic heterocycles. The highest BCUT2D eigenvalue weighted by atomic mass is 16.5. The quantitative estimate of drug-likeness (QED) is 0.321. The predicted molar refractivity (Wildman–Crippen MR) is 133 cm³/mol. The third-order valence-corrected chi connectivity index (χ3v) is 7.08. The van der Waals surface area contributed by atoms with Crippen LogP contribution in [0.3, 0.4) is 0 Å². The highest BCUT2D eigenvalue weighted by molar-refractivity contribution is 6.13. The Bertz CT molecular complexity index is 1600. The fourth-order valence-electron chi connectivity index (χ4n) is 5.06. The first kappa shape index (κ1) is 20.5. The van der Waals surface area contributed by atoms with Gasteiger partial charge in [0, 0.05) is 28.5 Å². The van der Waals surface area contributed by atoms with Crippen LogP contribution in [-0.4, -0.2) is 37.0 Å².